The third-order valence-electron chi connectivity index (χ3n) is 8.89. The number of alkyl halides is 2. The summed E-state index contributed by atoms with van der Waals surface area (Å²) in [5.41, 5.74) is 0.0172. The molecule has 1 aromatic heterocycles. The molecule has 2 aliphatic carbocycles. The first-order valence-corrected chi connectivity index (χ1v) is 15.9. The Morgan fingerprint density at radius 3 is 2.20 bits per heavy atom. The fourth-order valence-electron chi connectivity index (χ4n) is 6.28. The van der Waals surface area contributed by atoms with Gasteiger partial charge in [0.1, 0.15) is 29.9 Å². The third kappa shape index (κ3) is 8.40. The molecule has 15 heteroatoms. The summed E-state index contributed by atoms with van der Waals surface area (Å²) in [6, 6.07) is -5.12. The van der Waals surface area contributed by atoms with Crippen molar-refractivity contribution in [1.29, 1.82) is 0 Å². The number of hydrogen-bond acceptors (Lipinski definition) is 8. The Morgan fingerprint density at radius 1 is 0.913 bits per heavy atom. The van der Waals surface area contributed by atoms with Crippen molar-refractivity contribution in [2.24, 2.45) is 23.7 Å². The second-order valence-corrected chi connectivity index (χ2v) is 13.1. The van der Waals surface area contributed by atoms with Crippen LogP contribution in [0, 0.1) is 23.7 Å². The van der Waals surface area contributed by atoms with Crippen LogP contribution >= 0.6 is 0 Å². The van der Waals surface area contributed by atoms with Crippen LogP contribution in [0.3, 0.4) is 0 Å². The van der Waals surface area contributed by atoms with Gasteiger partial charge in [-0.15, -0.1) is 0 Å². The van der Waals surface area contributed by atoms with Crippen LogP contribution in [0.5, 0.6) is 0 Å². The molecule has 0 radical (unpaired) electrons. The van der Waals surface area contributed by atoms with E-state index in [9.17, 15) is 37.5 Å². The maximum Gasteiger partial charge on any atom is 0.289 e. The van der Waals surface area contributed by atoms with Crippen molar-refractivity contribution >= 4 is 35.3 Å². The summed E-state index contributed by atoms with van der Waals surface area (Å²) >= 11 is 0. The maximum atomic E-state index is 14.1. The number of rotatable bonds is 14. The predicted octanol–water partition coefficient (Wildman–Crippen LogP) is 0.987. The molecule has 1 saturated heterocycles. The maximum absolute atomic E-state index is 14.1. The van der Waals surface area contributed by atoms with Gasteiger partial charge in [0.25, 0.3) is 11.8 Å². The highest BCUT2D eigenvalue weighted by atomic mass is 19.3. The van der Waals surface area contributed by atoms with E-state index in [0.29, 0.717) is 19.3 Å². The van der Waals surface area contributed by atoms with E-state index >= 15 is 0 Å². The molecule has 46 heavy (non-hydrogen) atoms. The number of carbonyl (C=O) groups excluding carboxylic acids is 6. The summed E-state index contributed by atoms with van der Waals surface area (Å²) in [4.78, 5) is 88.5. The van der Waals surface area contributed by atoms with Crippen LogP contribution in [-0.2, 0) is 24.0 Å². The van der Waals surface area contributed by atoms with Crippen molar-refractivity contribution in [3.8, 4) is 0 Å². The molecule has 4 N–H and O–H groups in total. The summed E-state index contributed by atoms with van der Waals surface area (Å²) in [6.07, 6.45) is 3.57. The van der Waals surface area contributed by atoms with E-state index in [-0.39, 0.29) is 36.0 Å². The minimum Gasteiger partial charge on any atom is -0.347 e. The number of aromatic nitrogens is 2. The number of likely N-dealkylation sites (tertiary alicyclic amines) is 1. The van der Waals surface area contributed by atoms with E-state index < -0.39 is 78.3 Å². The molecule has 3 aliphatic rings. The van der Waals surface area contributed by atoms with Gasteiger partial charge >= 0.3 is 0 Å². The SMILES string of the molecule is CC(C)[C@H](NC(=O)c1cnccn1)C(=O)N[C@H](C(=O)N1C[C@@H]2CCC[C@@H]2[C@H]1C(=O)NC(CC(F)F)C(=O)C(=O)NC1CC1)C(C)C. The fraction of sp³-hybridized carbons (Fsp3) is 0.677. The predicted molar refractivity (Wildman–Crippen MR) is 160 cm³/mol. The number of ketones is 1. The minimum atomic E-state index is -2.97. The molecule has 4 rings (SSSR count). The van der Waals surface area contributed by atoms with Crippen LogP contribution < -0.4 is 21.3 Å². The third-order valence-corrected chi connectivity index (χ3v) is 8.89. The zero-order valence-electron chi connectivity index (χ0n) is 26.5. The van der Waals surface area contributed by atoms with Gasteiger partial charge in [0.05, 0.1) is 6.20 Å². The minimum absolute atomic E-state index is 0.0172. The molecule has 3 fully saturated rings. The zero-order chi connectivity index (χ0) is 33.7. The molecule has 1 aliphatic heterocycles. The van der Waals surface area contributed by atoms with Crippen LogP contribution in [-0.4, -0.2) is 93.4 Å². The highest BCUT2D eigenvalue weighted by Gasteiger charge is 2.51. The zero-order valence-corrected chi connectivity index (χ0v) is 26.5. The van der Waals surface area contributed by atoms with Gasteiger partial charge in [0.15, 0.2) is 0 Å². The van der Waals surface area contributed by atoms with Crippen molar-refractivity contribution in [2.75, 3.05) is 6.54 Å². The second-order valence-electron chi connectivity index (χ2n) is 13.1. The van der Waals surface area contributed by atoms with Crippen molar-refractivity contribution in [3.05, 3.63) is 24.3 Å². The van der Waals surface area contributed by atoms with Gasteiger partial charge in [-0.05, 0) is 49.4 Å². The Balaban J connectivity index is 1.51. The number of nitrogens with zero attached hydrogens (tertiary/aromatic N) is 3. The van der Waals surface area contributed by atoms with Gasteiger partial charge in [0.2, 0.25) is 29.9 Å². The standard InChI is InChI=1S/C31H43F2N7O6/c1-15(2)23(38-27(42)21-13-34-10-11-35-21)28(43)39-24(16(3)4)31(46)40-14-17-6-5-7-19(17)25(40)29(44)37-20(12-22(32)33)26(41)30(45)36-18-8-9-18/h10-11,13,15-20,22-25H,5-9,12,14H2,1-4H3,(H,36,45)(H,37,44)(H,38,42)(H,39,43)/t17-,19-,20?,23-,24-,25-/m0/s1. The van der Waals surface area contributed by atoms with Crippen molar-refractivity contribution in [3.63, 3.8) is 0 Å². The first-order chi connectivity index (χ1) is 21.8. The average molecular weight is 648 g/mol. The first kappa shape index (κ1) is 34.8. The summed E-state index contributed by atoms with van der Waals surface area (Å²) in [7, 11) is 0. The molecular formula is C31H43F2N7O6. The molecule has 1 aromatic rings. The van der Waals surface area contributed by atoms with Gasteiger partial charge in [-0.25, -0.2) is 13.8 Å². The average Bonchev–Trinajstić information content (AvgIpc) is 3.57. The molecule has 5 amide bonds. The van der Waals surface area contributed by atoms with E-state index in [1.54, 1.807) is 27.7 Å². The van der Waals surface area contributed by atoms with Gasteiger partial charge < -0.3 is 26.2 Å². The Hall–Kier alpha value is -4.04. The smallest absolute Gasteiger partial charge is 0.289 e. The molecule has 6 atom stereocenters. The van der Waals surface area contributed by atoms with Gasteiger partial charge in [0, 0.05) is 31.4 Å². The van der Waals surface area contributed by atoms with E-state index in [4.69, 9.17) is 0 Å². The number of halogens is 2. The topological polar surface area (TPSA) is 180 Å². The summed E-state index contributed by atoms with van der Waals surface area (Å²) < 4.78 is 26.9. The first-order valence-electron chi connectivity index (χ1n) is 15.9. The fourth-order valence-corrected chi connectivity index (χ4v) is 6.28. The molecule has 2 heterocycles. The Bertz CT molecular complexity index is 1310. The molecule has 0 bridgehead atoms. The molecule has 0 spiro atoms. The van der Waals surface area contributed by atoms with Crippen molar-refractivity contribution in [2.45, 2.75) is 103 Å². The van der Waals surface area contributed by atoms with E-state index in [2.05, 4.69) is 31.2 Å². The lowest BCUT2D eigenvalue weighted by Gasteiger charge is -2.33. The van der Waals surface area contributed by atoms with E-state index in [0.717, 1.165) is 12.8 Å². The van der Waals surface area contributed by atoms with Crippen LogP contribution in [0.25, 0.3) is 0 Å². The summed E-state index contributed by atoms with van der Waals surface area (Å²) in [6.45, 7) is 7.14. The van der Waals surface area contributed by atoms with Crippen molar-refractivity contribution < 1.29 is 37.5 Å². The number of nitrogens with one attached hydrogen (secondary N) is 4. The highest BCUT2D eigenvalue weighted by Crippen LogP contribution is 2.42. The van der Waals surface area contributed by atoms with E-state index in [1.807, 2.05) is 0 Å². The van der Waals surface area contributed by atoms with E-state index in [1.165, 1.54) is 23.5 Å². The van der Waals surface area contributed by atoms with Gasteiger partial charge in [-0.3, -0.25) is 33.8 Å². The lowest BCUT2D eigenvalue weighted by molar-refractivity contribution is -0.145. The summed E-state index contributed by atoms with van der Waals surface area (Å²) in [5.74, 6) is -5.82. The van der Waals surface area contributed by atoms with Crippen LogP contribution in [0.1, 0.15) is 76.7 Å². The summed E-state index contributed by atoms with van der Waals surface area (Å²) in [5, 5.41) is 10.3. The quantitative estimate of drug-likeness (QED) is 0.216. The Labute approximate surface area is 266 Å². The number of Topliss-reactive ketones (excluding diaryl/α,β-unsaturated/α-hetero) is 1. The molecule has 13 nitrogen and oxygen atoms in total. The Kier molecular flexibility index (Phi) is 11.4. The number of hydrogen-bond donors (Lipinski definition) is 4. The molecule has 0 aromatic carbocycles. The number of amides is 5. The molecule has 2 saturated carbocycles. The Morgan fingerprint density at radius 2 is 1.61 bits per heavy atom. The lowest BCUT2D eigenvalue weighted by Crippen LogP contribution is -2.60. The van der Waals surface area contributed by atoms with Gasteiger partial charge in [-0.2, -0.15) is 0 Å². The van der Waals surface area contributed by atoms with Crippen LogP contribution in [0.2, 0.25) is 0 Å². The normalized spacial score (nSPS) is 22.6. The molecular weight excluding hydrogens is 604 g/mol. The largest absolute Gasteiger partial charge is 0.347 e. The molecule has 252 valence electrons. The van der Waals surface area contributed by atoms with Crippen molar-refractivity contribution in [1.82, 2.24) is 36.1 Å². The second kappa shape index (κ2) is 15.0. The van der Waals surface area contributed by atoms with Gasteiger partial charge in [-0.1, -0.05) is 34.1 Å². The van der Waals surface area contributed by atoms with Crippen LogP contribution in [0.4, 0.5) is 8.78 Å². The monoisotopic (exact) mass is 647 g/mol. The number of fused-ring (bicyclic) bond motifs is 1. The number of carbonyl (C=O) groups is 6. The lowest BCUT2D eigenvalue weighted by atomic mass is 9.92. The highest BCUT2D eigenvalue weighted by molar-refractivity contribution is 6.38. The van der Waals surface area contributed by atoms with Crippen LogP contribution in [0.15, 0.2) is 18.6 Å². The molecule has 1 unspecified atom stereocenters.